The lowest BCUT2D eigenvalue weighted by Gasteiger charge is -2.63. The highest BCUT2D eigenvalue weighted by molar-refractivity contribution is 6.23. The van der Waals surface area contributed by atoms with Gasteiger partial charge in [0, 0.05) is 98.0 Å². The molecular weight excluding hydrogens is 854 g/mol. The van der Waals surface area contributed by atoms with Crippen LogP contribution in [-0.2, 0) is 9.59 Å². The molecule has 5 aliphatic rings. The van der Waals surface area contributed by atoms with Crippen LogP contribution in [0.2, 0.25) is 0 Å². The third-order valence-electron chi connectivity index (χ3n) is 14.8. The summed E-state index contributed by atoms with van der Waals surface area (Å²) in [5.41, 5.74) is 2.25. The minimum atomic E-state index is -1.01. The number of nitrogens with zero attached hydrogens (tertiary/aromatic N) is 7. The SMILES string of the molecule is CN(C)C[C@@H]1CN(c2ccc3c(c2)C(=O)N(C2CCC(=O)NC2=O)C3=O)CCN1CC1CCN(c2ccc(C(=O)N[C@H]3C(C)(C)[C@H](Oc4ccc(C#N)c5ncccc45)C3(C)C)cc2F)CC1. The zero-order valence-electron chi connectivity index (χ0n) is 39.0. The number of aromatic nitrogens is 1. The van der Waals surface area contributed by atoms with Crippen molar-refractivity contribution >= 4 is 51.8 Å². The smallest absolute Gasteiger partial charge is 0.262 e. The standard InChI is InChI=1S/C51H58FN9O6/c1-50(2)48(51(3,4)49(50)67-41-15-10-32(26-53)43-36(41)8-7-19-54-43)56-44(63)31-9-13-39(38(52)24-31)58-20-17-30(18-21-58)27-59-22-23-60(29-34(59)28-57(5)6)33-11-12-35-37(25-33)47(66)61(46(35)65)40-14-16-42(62)55-45(40)64/h7-13,15,19,24-25,30,34,40,48-49H,14,16-18,20-23,27-29H2,1-6H3,(H,56,63)(H,55,62,64)/t34-,40?,48-,49-/m1/s1. The summed E-state index contributed by atoms with van der Waals surface area (Å²) in [6, 6.07) is 18.4. The van der Waals surface area contributed by atoms with Gasteiger partial charge in [-0.15, -0.1) is 0 Å². The number of benzene rings is 3. The Balaban J connectivity index is 0.791. The van der Waals surface area contributed by atoms with Crippen LogP contribution in [0.25, 0.3) is 10.9 Å². The molecule has 1 aromatic heterocycles. The minimum Gasteiger partial charge on any atom is -0.488 e. The maximum absolute atomic E-state index is 15.9. The number of pyridine rings is 1. The molecule has 3 saturated heterocycles. The molecule has 1 aliphatic carbocycles. The van der Waals surface area contributed by atoms with E-state index < -0.39 is 46.3 Å². The van der Waals surface area contributed by atoms with Crippen molar-refractivity contribution < 1.29 is 33.1 Å². The zero-order valence-corrected chi connectivity index (χ0v) is 39.0. The second-order valence-electron chi connectivity index (χ2n) is 20.3. The molecule has 15 nitrogen and oxygen atoms in total. The number of fused-ring (bicyclic) bond motifs is 2. The van der Waals surface area contributed by atoms with Gasteiger partial charge in [-0.3, -0.25) is 44.1 Å². The minimum absolute atomic E-state index is 0.0681. The Labute approximate surface area is 390 Å². The van der Waals surface area contributed by atoms with Crippen molar-refractivity contribution in [1.29, 1.82) is 5.26 Å². The molecule has 9 rings (SSSR count). The fraction of sp³-hybridized carbons (Fsp3) is 0.471. The molecule has 2 atom stereocenters. The van der Waals surface area contributed by atoms with Crippen LogP contribution in [-0.4, -0.2) is 133 Å². The van der Waals surface area contributed by atoms with Crippen molar-refractivity contribution in [2.24, 2.45) is 16.7 Å². The average Bonchev–Trinajstić information content (AvgIpc) is 3.55. The number of halogens is 1. The Bertz CT molecular complexity index is 2690. The predicted molar refractivity (Wildman–Crippen MR) is 250 cm³/mol. The summed E-state index contributed by atoms with van der Waals surface area (Å²) in [5.74, 6) is -1.79. The molecule has 5 heterocycles. The number of likely N-dealkylation sites (N-methyl/N-ethyl adjacent to an activating group) is 1. The number of rotatable bonds is 11. The number of imide groups is 2. The Hall–Kier alpha value is -6.44. The fourth-order valence-electron chi connectivity index (χ4n) is 11.7. The second-order valence-corrected chi connectivity index (χ2v) is 20.3. The summed E-state index contributed by atoms with van der Waals surface area (Å²) in [6.45, 7) is 13.6. The maximum Gasteiger partial charge on any atom is 0.262 e. The lowest BCUT2D eigenvalue weighted by Crippen LogP contribution is -2.74. The predicted octanol–water partition coefficient (Wildman–Crippen LogP) is 5.23. The monoisotopic (exact) mass is 911 g/mol. The topological polar surface area (TPSA) is 172 Å². The molecule has 0 spiro atoms. The van der Waals surface area contributed by atoms with Crippen molar-refractivity contribution in [2.45, 2.75) is 77.6 Å². The van der Waals surface area contributed by atoms with Gasteiger partial charge in [0.25, 0.3) is 17.7 Å². The van der Waals surface area contributed by atoms with Crippen molar-refractivity contribution in [2.75, 3.05) is 69.7 Å². The van der Waals surface area contributed by atoms with Gasteiger partial charge in [-0.05, 0) is 99.9 Å². The lowest BCUT2D eigenvalue weighted by molar-refractivity contribution is -0.163. The highest BCUT2D eigenvalue weighted by Crippen LogP contribution is 2.56. The molecule has 2 N–H and O–H groups in total. The fourth-order valence-corrected chi connectivity index (χ4v) is 11.7. The molecule has 1 unspecified atom stereocenters. The molecule has 350 valence electrons. The van der Waals surface area contributed by atoms with Gasteiger partial charge in [0.1, 0.15) is 29.8 Å². The Morgan fingerprint density at radius 3 is 2.37 bits per heavy atom. The van der Waals surface area contributed by atoms with Crippen molar-refractivity contribution in [3.05, 3.63) is 94.9 Å². The number of hydrogen-bond acceptors (Lipinski definition) is 12. The van der Waals surface area contributed by atoms with E-state index in [1.807, 2.05) is 18.2 Å². The first-order chi connectivity index (χ1) is 32.0. The van der Waals surface area contributed by atoms with E-state index in [1.54, 1.807) is 42.6 Å². The number of nitrogens with one attached hydrogen (secondary N) is 2. The molecule has 0 bridgehead atoms. The summed E-state index contributed by atoms with van der Waals surface area (Å²) in [6.07, 6.45) is 3.35. The highest BCUT2D eigenvalue weighted by atomic mass is 19.1. The maximum atomic E-state index is 15.9. The van der Waals surface area contributed by atoms with E-state index in [0.29, 0.717) is 41.5 Å². The molecule has 0 radical (unpaired) electrons. The Morgan fingerprint density at radius 1 is 0.925 bits per heavy atom. The number of anilines is 2. The number of piperidine rings is 2. The van der Waals surface area contributed by atoms with Crippen LogP contribution in [0.15, 0.2) is 66.9 Å². The lowest BCUT2D eigenvalue weighted by atomic mass is 9.49. The molecule has 4 aromatic rings. The van der Waals surface area contributed by atoms with Gasteiger partial charge >= 0.3 is 0 Å². The van der Waals surface area contributed by atoms with Crippen LogP contribution in [0.3, 0.4) is 0 Å². The third kappa shape index (κ3) is 8.37. The van der Waals surface area contributed by atoms with Crippen molar-refractivity contribution in [1.82, 2.24) is 30.3 Å². The van der Waals surface area contributed by atoms with Crippen LogP contribution in [0, 0.1) is 33.9 Å². The van der Waals surface area contributed by atoms with Gasteiger partial charge in [-0.1, -0.05) is 27.7 Å². The number of nitriles is 1. The second kappa shape index (κ2) is 17.7. The molecule has 4 aliphatic heterocycles. The molecule has 3 aromatic carbocycles. The van der Waals surface area contributed by atoms with Crippen LogP contribution in [0.4, 0.5) is 15.8 Å². The molecule has 1 saturated carbocycles. The van der Waals surface area contributed by atoms with Crippen LogP contribution in [0.1, 0.15) is 90.0 Å². The number of ether oxygens (including phenoxy) is 1. The molecule has 16 heteroatoms. The van der Waals surface area contributed by atoms with E-state index >= 15 is 4.39 Å². The summed E-state index contributed by atoms with van der Waals surface area (Å²) in [7, 11) is 4.12. The number of carbonyl (C=O) groups excluding carboxylic acids is 5. The first-order valence-corrected chi connectivity index (χ1v) is 23.3. The van der Waals surface area contributed by atoms with Crippen molar-refractivity contribution in [3.63, 3.8) is 0 Å². The molecular formula is C51H58FN9O6. The van der Waals surface area contributed by atoms with E-state index in [4.69, 9.17) is 4.74 Å². The van der Waals surface area contributed by atoms with E-state index in [-0.39, 0.29) is 53.6 Å². The summed E-state index contributed by atoms with van der Waals surface area (Å²) >= 11 is 0. The van der Waals surface area contributed by atoms with Crippen LogP contribution < -0.4 is 25.2 Å². The summed E-state index contributed by atoms with van der Waals surface area (Å²) < 4.78 is 22.6. The Morgan fingerprint density at radius 2 is 1.67 bits per heavy atom. The quantitative estimate of drug-likeness (QED) is 0.188. The van der Waals surface area contributed by atoms with Crippen LogP contribution >= 0.6 is 0 Å². The number of amides is 5. The van der Waals surface area contributed by atoms with Crippen LogP contribution in [0.5, 0.6) is 5.75 Å². The average molecular weight is 912 g/mol. The van der Waals surface area contributed by atoms with E-state index in [9.17, 15) is 29.2 Å². The van der Waals surface area contributed by atoms with E-state index in [1.165, 1.54) is 6.07 Å². The highest BCUT2D eigenvalue weighted by Gasteiger charge is 2.64. The van der Waals surface area contributed by atoms with Gasteiger partial charge in [0.2, 0.25) is 11.8 Å². The number of hydrogen-bond donors (Lipinski definition) is 2. The first-order valence-electron chi connectivity index (χ1n) is 23.3. The number of carbonyl (C=O) groups is 5. The van der Waals surface area contributed by atoms with Gasteiger partial charge in [-0.25, -0.2) is 4.39 Å². The molecule has 5 amide bonds. The Kier molecular flexibility index (Phi) is 12.0. The first kappa shape index (κ1) is 45.7. The number of piperazine rings is 1. The largest absolute Gasteiger partial charge is 0.488 e. The van der Waals surface area contributed by atoms with Gasteiger partial charge < -0.3 is 24.8 Å². The molecule has 4 fully saturated rings. The van der Waals surface area contributed by atoms with Gasteiger partial charge in [0.15, 0.2) is 0 Å². The zero-order chi connectivity index (χ0) is 47.5. The molecule has 67 heavy (non-hydrogen) atoms. The van der Waals surface area contributed by atoms with E-state index in [0.717, 1.165) is 61.5 Å². The summed E-state index contributed by atoms with van der Waals surface area (Å²) in [4.78, 5) is 79.4. The summed E-state index contributed by atoms with van der Waals surface area (Å²) in [5, 5.41) is 15.8. The van der Waals surface area contributed by atoms with E-state index in [2.05, 4.69) is 83.1 Å². The van der Waals surface area contributed by atoms with Gasteiger partial charge in [-0.2, -0.15) is 5.26 Å². The van der Waals surface area contributed by atoms with Crippen molar-refractivity contribution in [3.8, 4) is 11.8 Å². The third-order valence-corrected chi connectivity index (χ3v) is 14.8. The normalized spacial score (nSPS) is 24.1. The van der Waals surface area contributed by atoms with Gasteiger partial charge in [0.05, 0.1) is 27.9 Å².